The Morgan fingerprint density at radius 1 is 0.833 bits per heavy atom. The maximum absolute atomic E-state index is 3.88. The van der Waals surface area contributed by atoms with Crippen LogP contribution in [-0.4, -0.2) is 6.04 Å². The van der Waals surface area contributed by atoms with Crippen LogP contribution < -0.4 is 5.32 Å². The summed E-state index contributed by atoms with van der Waals surface area (Å²) in [4.78, 5) is 0. The summed E-state index contributed by atoms with van der Waals surface area (Å²) in [6.45, 7) is 1.06. The quantitative estimate of drug-likeness (QED) is 0.852. The maximum atomic E-state index is 3.88. The summed E-state index contributed by atoms with van der Waals surface area (Å²) < 4.78 is 0. The minimum absolute atomic E-state index is 0.818. The summed E-state index contributed by atoms with van der Waals surface area (Å²) in [6.07, 6.45) is 7.61. The van der Waals surface area contributed by atoms with Crippen molar-refractivity contribution in [3.05, 3.63) is 35.9 Å². The molecule has 1 aromatic rings. The fourth-order valence-electron chi connectivity index (χ4n) is 5.09. The molecule has 0 heterocycles. The van der Waals surface area contributed by atoms with Crippen LogP contribution in [0.3, 0.4) is 0 Å². The summed E-state index contributed by atoms with van der Waals surface area (Å²) in [5.74, 6) is 4.15. The first-order chi connectivity index (χ1) is 8.88. The summed E-state index contributed by atoms with van der Waals surface area (Å²) in [5, 5.41) is 3.88. The highest BCUT2D eigenvalue weighted by Crippen LogP contribution is 2.53. The Labute approximate surface area is 110 Å². The normalized spacial score (nSPS) is 41.2. The molecule has 1 N–H and O–H groups in total. The zero-order valence-electron chi connectivity index (χ0n) is 11.0. The van der Waals surface area contributed by atoms with E-state index in [1.54, 1.807) is 6.42 Å². The number of hydrogen-bond donors (Lipinski definition) is 1. The lowest BCUT2D eigenvalue weighted by molar-refractivity contribution is -0.0142. The van der Waals surface area contributed by atoms with Gasteiger partial charge in [0.1, 0.15) is 0 Å². The van der Waals surface area contributed by atoms with Gasteiger partial charge in [0.2, 0.25) is 0 Å². The van der Waals surface area contributed by atoms with Gasteiger partial charge in [0.05, 0.1) is 0 Å². The molecule has 0 aromatic heterocycles. The Hall–Kier alpha value is -0.820. The van der Waals surface area contributed by atoms with Gasteiger partial charge in [-0.1, -0.05) is 30.3 Å². The van der Waals surface area contributed by atoms with Gasteiger partial charge in [-0.05, 0) is 61.3 Å². The minimum Gasteiger partial charge on any atom is -0.309 e. The molecule has 0 spiro atoms. The van der Waals surface area contributed by atoms with Gasteiger partial charge in [-0.2, -0.15) is 0 Å². The van der Waals surface area contributed by atoms with Crippen LogP contribution in [0.4, 0.5) is 0 Å². The average Bonchev–Trinajstić information content (AvgIpc) is 2.38. The van der Waals surface area contributed by atoms with E-state index in [1.165, 1.54) is 31.2 Å². The van der Waals surface area contributed by atoms with Gasteiger partial charge >= 0.3 is 0 Å². The van der Waals surface area contributed by atoms with Crippen molar-refractivity contribution in [1.29, 1.82) is 0 Å². The van der Waals surface area contributed by atoms with Crippen molar-refractivity contribution in [2.24, 2.45) is 23.7 Å². The van der Waals surface area contributed by atoms with E-state index in [4.69, 9.17) is 0 Å². The smallest absolute Gasteiger partial charge is 0.0208 e. The second-order valence-electron chi connectivity index (χ2n) is 6.82. The van der Waals surface area contributed by atoms with Crippen LogP contribution in [0.25, 0.3) is 0 Å². The average molecular weight is 241 g/mol. The molecular formula is C17H23N. The molecule has 4 aliphatic carbocycles. The maximum Gasteiger partial charge on any atom is 0.0208 e. The van der Waals surface area contributed by atoms with E-state index in [0.29, 0.717) is 0 Å². The van der Waals surface area contributed by atoms with Gasteiger partial charge in [-0.3, -0.25) is 0 Å². The zero-order valence-corrected chi connectivity index (χ0v) is 11.0. The summed E-state index contributed by atoms with van der Waals surface area (Å²) >= 11 is 0. The Bertz CT molecular complexity index is 383. The summed E-state index contributed by atoms with van der Waals surface area (Å²) in [6, 6.07) is 11.7. The molecule has 0 amide bonds. The number of rotatable bonds is 3. The van der Waals surface area contributed by atoms with E-state index in [9.17, 15) is 0 Å². The van der Waals surface area contributed by atoms with Crippen molar-refractivity contribution in [2.75, 3.05) is 0 Å². The Morgan fingerprint density at radius 2 is 1.44 bits per heavy atom. The van der Waals surface area contributed by atoms with Crippen LogP contribution in [0.2, 0.25) is 0 Å². The molecule has 1 heteroatoms. The molecule has 0 unspecified atom stereocenters. The molecule has 0 atom stereocenters. The van der Waals surface area contributed by atoms with E-state index in [0.717, 1.165) is 36.3 Å². The molecule has 18 heavy (non-hydrogen) atoms. The predicted molar refractivity (Wildman–Crippen MR) is 74.1 cm³/mol. The first-order valence-corrected chi connectivity index (χ1v) is 7.66. The highest BCUT2D eigenvalue weighted by Gasteiger charge is 2.47. The first-order valence-electron chi connectivity index (χ1n) is 7.66. The van der Waals surface area contributed by atoms with Crippen molar-refractivity contribution < 1.29 is 0 Å². The Morgan fingerprint density at radius 3 is 2.06 bits per heavy atom. The second-order valence-corrected chi connectivity index (χ2v) is 6.82. The third kappa shape index (κ3) is 1.89. The lowest BCUT2D eigenvalue weighted by Gasteiger charge is -2.54. The number of hydrogen-bond acceptors (Lipinski definition) is 1. The number of nitrogens with one attached hydrogen (secondary N) is 1. The van der Waals surface area contributed by atoms with Crippen molar-refractivity contribution in [3.8, 4) is 0 Å². The number of benzene rings is 1. The molecule has 5 rings (SSSR count). The highest BCUT2D eigenvalue weighted by atomic mass is 14.9. The van der Waals surface area contributed by atoms with Gasteiger partial charge in [0.15, 0.2) is 0 Å². The van der Waals surface area contributed by atoms with Crippen LogP contribution in [0.15, 0.2) is 30.3 Å². The molecule has 1 aromatic carbocycles. The Kier molecular flexibility index (Phi) is 2.69. The topological polar surface area (TPSA) is 12.0 Å². The minimum atomic E-state index is 0.818. The lowest BCUT2D eigenvalue weighted by atomic mass is 9.54. The fourth-order valence-corrected chi connectivity index (χ4v) is 5.09. The van der Waals surface area contributed by atoms with Gasteiger partial charge < -0.3 is 5.32 Å². The van der Waals surface area contributed by atoms with E-state index >= 15 is 0 Å². The predicted octanol–water partition coefficient (Wildman–Crippen LogP) is 3.60. The lowest BCUT2D eigenvalue weighted by Crippen LogP contribution is -2.54. The van der Waals surface area contributed by atoms with E-state index < -0.39 is 0 Å². The van der Waals surface area contributed by atoms with Crippen molar-refractivity contribution in [2.45, 2.75) is 44.7 Å². The third-order valence-electron chi connectivity index (χ3n) is 5.61. The van der Waals surface area contributed by atoms with Crippen LogP contribution in [-0.2, 0) is 6.54 Å². The van der Waals surface area contributed by atoms with Gasteiger partial charge in [-0.15, -0.1) is 0 Å². The largest absolute Gasteiger partial charge is 0.309 e. The van der Waals surface area contributed by atoms with E-state index in [2.05, 4.69) is 35.6 Å². The van der Waals surface area contributed by atoms with Gasteiger partial charge in [-0.25, -0.2) is 0 Å². The van der Waals surface area contributed by atoms with E-state index in [1.807, 2.05) is 0 Å². The molecule has 1 nitrogen and oxygen atoms in total. The van der Waals surface area contributed by atoms with Crippen molar-refractivity contribution in [1.82, 2.24) is 5.32 Å². The molecule has 0 aliphatic heterocycles. The monoisotopic (exact) mass is 241 g/mol. The van der Waals surface area contributed by atoms with Crippen LogP contribution in [0, 0.1) is 23.7 Å². The molecule has 4 bridgehead atoms. The van der Waals surface area contributed by atoms with E-state index in [-0.39, 0.29) is 0 Å². The third-order valence-corrected chi connectivity index (χ3v) is 5.61. The standard InChI is InChI=1S/C17H23N/c1-2-4-12(5-3-1)11-18-17-15-7-13-6-14(9-15)10-16(17)8-13/h1-5,13-18H,6-11H2/t13-,14?,15?,16?,17+. The molecule has 4 fully saturated rings. The van der Waals surface area contributed by atoms with Crippen molar-refractivity contribution >= 4 is 0 Å². The summed E-state index contributed by atoms with van der Waals surface area (Å²) in [5.41, 5.74) is 1.44. The van der Waals surface area contributed by atoms with Crippen molar-refractivity contribution in [3.63, 3.8) is 0 Å². The molecule has 4 saturated carbocycles. The second kappa shape index (κ2) is 4.38. The molecule has 0 saturated heterocycles. The van der Waals surface area contributed by atoms with Gasteiger partial charge in [0, 0.05) is 12.6 Å². The van der Waals surface area contributed by atoms with Gasteiger partial charge in [0.25, 0.3) is 0 Å². The first kappa shape index (κ1) is 11.0. The fraction of sp³-hybridized carbons (Fsp3) is 0.647. The zero-order chi connectivity index (χ0) is 11.9. The molecule has 96 valence electrons. The summed E-state index contributed by atoms with van der Waals surface area (Å²) in [7, 11) is 0. The molecule has 4 aliphatic rings. The Balaban J connectivity index is 1.43. The molecule has 0 radical (unpaired) electrons. The molecular weight excluding hydrogens is 218 g/mol. The van der Waals surface area contributed by atoms with Crippen LogP contribution in [0.1, 0.15) is 37.7 Å². The highest BCUT2D eigenvalue weighted by molar-refractivity contribution is 5.15. The van der Waals surface area contributed by atoms with Crippen LogP contribution in [0.5, 0.6) is 0 Å². The van der Waals surface area contributed by atoms with Crippen LogP contribution >= 0.6 is 0 Å². The SMILES string of the molecule is c1ccc(CN[C@H]2C3CC4CC2C[C@H](C4)C3)cc1.